The van der Waals surface area contributed by atoms with Gasteiger partial charge in [-0.3, -0.25) is 0 Å². The topological polar surface area (TPSA) is 31.9 Å². The molecule has 0 aromatic carbocycles. The van der Waals surface area contributed by atoms with Crippen molar-refractivity contribution < 1.29 is 5.11 Å². The molecule has 0 aromatic heterocycles. The van der Waals surface area contributed by atoms with Gasteiger partial charge in [0, 0.05) is 6.04 Å². The van der Waals surface area contributed by atoms with Crippen molar-refractivity contribution in [3.05, 3.63) is 0 Å². The molecule has 2 heteroatoms. The second-order valence-corrected chi connectivity index (χ2v) is 3.12. The van der Waals surface area contributed by atoms with Crippen LogP contribution in [-0.2, 0) is 5.11 Å². The second kappa shape index (κ2) is 3.94. The van der Waals surface area contributed by atoms with E-state index in [1.807, 2.05) is 0 Å². The van der Waals surface area contributed by atoms with Gasteiger partial charge in [-0.25, -0.2) is 5.11 Å². The summed E-state index contributed by atoms with van der Waals surface area (Å²) in [6, 6.07) is 0.238. The van der Waals surface area contributed by atoms with E-state index < -0.39 is 6.10 Å². The molecule has 0 aliphatic carbocycles. The maximum atomic E-state index is 11.0. The quantitative estimate of drug-likeness (QED) is 0.588. The van der Waals surface area contributed by atoms with Crippen LogP contribution in [0.2, 0.25) is 0 Å². The molecule has 1 heterocycles. The molecular formula is C8H16NO. The van der Waals surface area contributed by atoms with Gasteiger partial charge < -0.3 is 5.32 Å². The van der Waals surface area contributed by atoms with Crippen LogP contribution in [0.1, 0.15) is 32.6 Å². The Morgan fingerprint density at radius 1 is 1.40 bits per heavy atom. The first kappa shape index (κ1) is 8.02. The van der Waals surface area contributed by atoms with Gasteiger partial charge in [0.15, 0.2) is 0 Å². The zero-order valence-electron chi connectivity index (χ0n) is 6.60. The maximum absolute atomic E-state index is 11.0. The van der Waals surface area contributed by atoms with Gasteiger partial charge >= 0.3 is 0 Å². The van der Waals surface area contributed by atoms with Crippen LogP contribution >= 0.6 is 0 Å². The van der Waals surface area contributed by atoms with Crippen LogP contribution in [-0.4, -0.2) is 18.7 Å². The van der Waals surface area contributed by atoms with Gasteiger partial charge in [0.2, 0.25) is 0 Å². The molecule has 1 fully saturated rings. The zero-order chi connectivity index (χ0) is 7.40. The van der Waals surface area contributed by atoms with E-state index in [2.05, 4.69) is 5.32 Å². The molecule has 1 saturated heterocycles. The Kier molecular flexibility index (Phi) is 3.16. The smallest absolute Gasteiger partial charge is 0.105 e. The lowest BCUT2D eigenvalue weighted by Crippen LogP contribution is -2.36. The highest BCUT2D eigenvalue weighted by Crippen LogP contribution is 2.10. The molecule has 1 rings (SSSR count). The first-order valence-corrected chi connectivity index (χ1v) is 4.20. The van der Waals surface area contributed by atoms with Crippen molar-refractivity contribution in [1.82, 2.24) is 5.32 Å². The first-order valence-electron chi connectivity index (χ1n) is 4.20. The van der Waals surface area contributed by atoms with Crippen LogP contribution in [0.15, 0.2) is 0 Å². The normalized spacial score (nSPS) is 31.2. The highest BCUT2D eigenvalue weighted by Gasteiger charge is 2.16. The van der Waals surface area contributed by atoms with E-state index in [0.717, 1.165) is 13.0 Å². The van der Waals surface area contributed by atoms with Crippen LogP contribution < -0.4 is 5.32 Å². The van der Waals surface area contributed by atoms with Gasteiger partial charge in [0.05, 0.1) is 0 Å². The summed E-state index contributed by atoms with van der Waals surface area (Å²) < 4.78 is 0. The minimum Gasteiger partial charge on any atom is -0.311 e. The zero-order valence-corrected chi connectivity index (χ0v) is 6.60. The van der Waals surface area contributed by atoms with Gasteiger partial charge in [-0.05, 0) is 26.3 Å². The predicted octanol–water partition coefficient (Wildman–Crippen LogP) is 1.34. The summed E-state index contributed by atoms with van der Waals surface area (Å²) in [5, 5.41) is 14.2. The van der Waals surface area contributed by atoms with Crippen LogP contribution in [0, 0.1) is 0 Å². The average Bonchev–Trinajstić information content (AvgIpc) is 2.12. The third-order valence-corrected chi connectivity index (χ3v) is 2.17. The Morgan fingerprint density at radius 3 is 2.90 bits per heavy atom. The standard InChI is InChI=1S/C8H16NO/c1-7(10)8-5-3-2-4-6-9-8/h7-9H,2-6H2,1H3. The summed E-state index contributed by atoms with van der Waals surface area (Å²) in [7, 11) is 0. The van der Waals surface area contributed by atoms with Crippen molar-refractivity contribution in [2.45, 2.75) is 44.8 Å². The van der Waals surface area contributed by atoms with Gasteiger partial charge in [0.25, 0.3) is 0 Å². The summed E-state index contributed by atoms with van der Waals surface area (Å²) in [6.07, 6.45) is 4.40. The van der Waals surface area contributed by atoms with E-state index in [-0.39, 0.29) is 6.04 Å². The predicted molar refractivity (Wildman–Crippen MR) is 40.4 cm³/mol. The molecule has 2 nitrogen and oxygen atoms in total. The number of rotatable bonds is 1. The summed E-state index contributed by atoms with van der Waals surface area (Å²) in [6.45, 7) is 2.79. The molecule has 1 radical (unpaired) electrons. The molecule has 2 unspecified atom stereocenters. The first-order chi connectivity index (χ1) is 4.80. The fourth-order valence-electron chi connectivity index (χ4n) is 1.46. The molecule has 0 spiro atoms. The highest BCUT2D eigenvalue weighted by atomic mass is 16.3. The van der Waals surface area contributed by atoms with Crippen LogP contribution in [0.25, 0.3) is 0 Å². The average molecular weight is 142 g/mol. The van der Waals surface area contributed by atoms with E-state index in [0.29, 0.717) is 0 Å². The molecule has 2 atom stereocenters. The van der Waals surface area contributed by atoms with Crippen molar-refractivity contribution in [1.29, 1.82) is 0 Å². The summed E-state index contributed by atoms with van der Waals surface area (Å²) >= 11 is 0. The van der Waals surface area contributed by atoms with Crippen molar-refractivity contribution in [2.24, 2.45) is 0 Å². The lowest BCUT2D eigenvalue weighted by Gasteiger charge is -2.16. The van der Waals surface area contributed by atoms with Crippen molar-refractivity contribution in [3.8, 4) is 0 Å². The minimum atomic E-state index is -0.432. The lowest BCUT2D eigenvalue weighted by atomic mass is 10.1. The van der Waals surface area contributed by atoms with Crippen molar-refractivity contribution in [2.75, 3.05) is 6.54 Å². The largest absolute Gasteiger partial charge is 0.311 e. The molecule has 0 aromatic rings. The van der Waals surface area contributed by atoms with E-state index in [1.54, 1.807) is 6.92 Å². The molecule has 1 aliphatic rings. The maximum Gasteiger partial charge on any atom is 0.105 e. The van der Waals surface area contributed by atoms with Crippen molar-refractivity contribution in [3.63, 3.8) is 0 Å². The Balaban J connectivity index is 2.28. The fraction of sp³-hybridized carbons (Fsp3) is 1.00. The van der Waals surface area contributed by atoms with Gasteiger partial charge in [0.1, 0.15) is 6.10 Å². The van der Waals surface area contributed by atoms with Crippen LogP contribution in [0.3, 0.4) is 0 Å². The van der Waals surface area contributed by atoms with Gasteiger partial charge in [-0.15, -0.1) is 0 Å². The Hall–Kier alpha value is -0.0800. The van der Waals surface area contributed by atoms with E-state index in [1.165, 1.54) is 19.3 Å². The molecule has 1 N–H and O–H groups in total. The Bertz CT molecular complexity index is 85.3. The monoisotopic (exact) mass is 142 g/mol. The summed E-state index contributed by atoms with van der Waals surface area (Å²) in [4.78, 5) is 0. The third-order valence-electron chi connectivity index (χ3n) is 2.17. The third kappa shape index (κ3) is 2.27. The SMILES string of the molecule is CC([O])C1CCCCCN1. The molecular weight excluding hydrogens is 126 g/mol. The van der Waals surface area contributed by atoms with Crippen LogP contribution in [0.4, 0.5) is 0 Å². The molecule has 59 valence electrons. The van der Waals surface area contributed by atoms with Gasteiger partial charge in [-0.1, -0.05) is 12.8 Å². The Labute approximate surface area is 62.6 Å². The second-order valence-electron chi connectivity index (χ2n) is 3.12. The summed E-state index contributed by atoms with van der Waals surface area (Å²) in [5.41, 5.74) is 0. The summed E-state index contributed by atoms with van der Waals surface area (Å²) in [5.74, 6) is 0. The lowest BCUT2D eigenvalue weighted by molar-refractivity contribution is 0.0677. The molecule has 0 amide bonds. The van der Waals surface area contributed by atoms with E-state index in [9.17, 15) is 5.11 Å². The van der Waals surface area contributed by atoms with Crippen molar-refractivity contribution >= 4 is 0 Å². The molecule has 10 heavy (non-hydrogen) atoms. The van der Waals surface area contributed by atoms with E-state index >= 15 is 0 Å². The number of hydrogen-bond donors (Lipinski definition) is 1. The van der Waals surface area contributed by atoms with Gasteiger partial charge in [-0.2, -0.15) is 0 Å². The Morgan fingerprint density at radius 2 is 2.20 bits per heavy atom. The highest BCUT2D eigenvalue weighted by molar-refractivity contribution is 4.74. The number of nitrogens with one attached hydrogen (secondary N) is 1. The molecule has 0 saturated carbocycles. The molecule has 0 bridgehead atoms. The fourth-order valence-corrected chi connectivity index (χ4v) is 1.46. The number of hydrogen-bond acceptors (Lipinski definition) is 1. The minimum absolute atomic E-state index is 0.238. The molecule has 1 aliphatic heterocycles. The van der Waals surface area contributed by atoms with E-state index in [4.69, 9.17) is 0 Å². The van der Waals surface area contributed by atoms with Crippen LogP contribution in [0.5, 0.6) is 0 Å².